The largest absolute Gasteiger partial charge is 0.452 e. The molecule has 0 bridgehead atoms. The minimum Gasteiger partial charge on any atom is -0.452 e. The summed E-state index contributed by atoms with van der Waals surface area (Å²) in [7, 11) is -3.56. The number of para-hydroxylation sites is 1. The predicted octanol–water partition coefficient (Wildman–Crippen LogP) is 2.82. The van der Waals surface area contributed by atoms with Crippen LogP contribution in [0.1, 0.15) is 15.9 Å². The summed E-state index contributed by atoms with van der Waals surface area (Å²) < 4.78 is 29.9. The Morgan fingerprint density at radius 2 is 1.73 bits per heavy atom. The van der Waals surface area contributed by atoms with Crippen LogP contribution in [0.2, 0.25) is 5.02 Å². The van der Waals surface area contributed by atoms with Gasteiger partial charge in [0.05, 0.1) is 17.5 Å². The van der Waals surface area contributed by atoms with E-state index in [0.717, 1.165) is 6.26 Å². The van der Waals surface area contributed by atoms with Crippen molar-refractivity contribution < 1.29 is 22.7 Å². The number of amides is 1. The third kappa shape index (κ3) is 5.47. The highest BCUT2D eigenvalue weighted by Crippen LogP contribution is 2.23. The van der Waals surface area contributed by atoms with Crippen LogP contribution >= 0.6 is 11.6 Å². The van der Waals surface area contributed by atoms with Gasteiger partial charge in [-0.2, -0.15) is 0 Å². The van der Waals surface area contributed by atoms with E-state index in [0.29, 0.717) is 16.3 Å². The van der Waals surface area contributed by atoms with Crippen molar-refractivity contribution in [3.63, 3.8) is 0 Å². The number of anilines is 2. The van der Waals surface area contributed by atoms with Gasteiger partial charge in [-0.1, -0.05) is 29.8 Å². The van der Waals surface area contributed by atoms with E-state index in [1.807, 2.05) is 0 Å². The van der Waals surface area contributed by atoms with Crippen LogP contribution in [0.25, 0.3) is 0 Å². The van der Waals surface area contributed by atoms with Crippen molar-refractivity contribution in [2.45, 2.75) is 6.92 Å². The van der Waals surface area contributed by atoms with E-state index in [2.05, 4.69) is 10.0 Å². The number of esters is 1. The van der Waals surface area contributed by atoms with Crippen LogP contribution in [0.5, 0.6) is 0 Å². The van der Waals surface area contributed by atoms with Crippen LogP contribution in [0.4, 0.5) is 11.4 Å². The average Bonchev–Trinajstić information content (AvgIpc) is 2.56. The highest BCUT2D eigenvalue weighted by molar-refractivity contribution is 7.92. The number of benzene rings is 2. The van der Waals surface area contributed by atoms with Crippen molar-refractivity contribution in [1.29, 1.82) is 0 Å². The van der Waals surface area contributed by atoms with E-state index >= 15 is 0 Å². The van der Waals surface area contributed by atoms with Gasteiger partial charge >= 0.3 is 5.97 Å². The summed E-state index contributed by atoms with van der Waals surface area (Å²) in [6.45, 7) is 1.22. The van der Waals surface area contributed by atoms with E-state index < -0.39 is 28.5 Å². The molecule has 26 heavy (non-hydrogen) atoms. The standard InChI is InChI=1S/C17H17ClN2O5S/c1-11-13(18)7-5-9-14(11)19-16(21)10-25-17(22)12-6-3-4-8-15(12)20-26(2,23)24/h3-9,20H,10H2,1-2H3,(H,19,21). The minimum atomic E-state index is -3.56. The zero-order valence-corrected chi connectivity index (χ0v) is 15.6. The van der Waals surface area contributed by atoms with Gasteiger partial charge in [0, 0.05) is 10.7 Å². The van der Waals surface area contributed by atoms with Gasteiger partial charge in [0.1, 0.15) is 0 Å². The summed E-state index contributed by atoms with van der Waals surface area (Å²) in [5, 5.41) is 3.10. The summed E-state index contributed by atoms with van der Waals surface area (Å²) in [6.07, 6.45) is 0.968. The lowest BCUT2D eigenvalue weighted by Crippen LogP contribution is -2.22. The maximum absolute atomic E-state index is 12.2. The lowest BCUT2D eigenvalue weighted by molar-refractivity contribution is -0.119. The number of hydrogen-bond donors (Lipinski definition) is 2. The second-order valence-electron chi connectivity index (χ2n) is 5.46. The van der Waals surface area contributed by atoms with Gasteiger partial charge in [0.2, 0.25) is 10.0 Å². The highest BCUT2D eigenvalue weighted by Gasteiger charge is 2.16. The van der Waals surface area contributed by atoms with Crippen LogP contribution in [-0.4, -0.2) is 33.2 Å². The van der Waals surface area contributed by atoms with Gasteiger partial charge in [-0.25, -0.2) is 13.2 Å². The molecule has 0 saturated heterocycles. The molecular formula is C17H17ClN2O5S. The molecule has 0 fully saturated rings. The van der Waals surface area contributed by atoms with E-state index in [1.54, 1.807) is 37.3 Å². The number of rotatable bonds is 6. The van der Waals surface area contributed by atoms with Crippen molar-refractivity contribution in [2.24, 2.45) is 0 Å². The van der Waals surface area contributed by atoms with Gasteiger partial charge in [-0.15, -0.1) is 0 Å². The Labute approximate surface area is 156 Å². The zero-order valence-electron chi connectivity index (χ0n) is 14.1. The maximum atomic E-state index is 12.2. The molecule has 2 N–H and O–H groups in total. The van der Waals surface area contributed by atoms with E-state index in [1.165, 1.54) is 12.1 Å². The van der Waals surface area contributed by atoms with E-state index in [-0.39, 0.29) is 11.3 Å². The lowest BCUT2D eigenvalue weighted by Gasteiger charge is -2.12. The molecular weight excluding hydrogens is 380 g/mol. The molecule has 138 valence electrons. The summed E-state index contributed by atoms with van der Waals surface area (Å²) in [4.78, 5) is 24.2. The molecule has 0 aromatic heterocycles. The van der Waals surface area contributed by atoms with Crippen LogP contribution in [-0.2, 0) is 19.6 Å². The molecule has 0 spiro atoms. The number of hydrogen-bond acceptors (Lipinski definition) is 5. The average molecular weight is 397 g/mol. The van der Waals surface area contributed by atoms with Gasteiger partial charge in [-0.3, -0.25) is 9.52 Å². The summed E-state index contributed by atoms with van der Waals surface area (Å²) in [6, 6.07) is 11.0. The Morgan fingerprint density at radius 3 is 2.42 bits per heavy atom. The van der Waals surface area contributed by atoms with Crippen molar-refractivity contribution >= 4 is 44.9 Å². The Balaban J connectivity index is 2.03. The Hall–Kier alpha value is -2.58. The molecule has 2 rings (SSSR count). The van der Waals surface area contributed by atoms with E-state index in [4.69, 9.17) is 16.3 Å². The van der Waals surface area contributed by atoms with Crippen LogP contribution in [0.15, 0.2) is 42.5 Å². The fraction of sp³-hybridized carbons (Fsp3) is 0.176. The molecule has 0 atom stereocenters. The number of sulfonamides is 1. The molecule has 0 aliphatic heterocycles. The van der Waals surface area contributed by atoms with Gasteiger partial charge in [0.25, 0.3) is 5.91 Å². The molecule has 0 radical (unpaired) electrons. The molecule has 0 heterocycles. The number of nitrogens with one attached hydrogen (secondary N) is 2. The zero-order chi connectivity index (χ0) is 19.3. The van der Waals surface area contributed by atoms with Crippen molar-refractivity contribution in [3.05, 3.63) is 58.6 Å². The smallest absolute Gasteiger partial charge is 0.340 e. The van der Waals surface area contributed by atoms with Gasteiger partial charge in [-0.05, 0) is 36.8 Å². The van der Waals surface area contributed by atoms with E-state index in [9.17, 15) is 18.0 Å². The molecule has 9 heteroatoms. The quantitative estimate of drug-likeness (QED) is 0.731. The fourth-order valence-corrected chi connectivity index (χ4v) is 2.84. The number of ether oxygens (including phenoxy) is 1. The van der Waals surface area contributed by atoms with Crippen molar-refractivity contribution in [1.82, 2.24) is 0 Å². The second-order valence-corrected chi connectivity index (χ2v) is 7.61. The first-order chi connectivity index (χ1) is 12.2. The molecule has 1 amide bonds. The number of halogens is 1. The minimum absolute atomic E-state index is 0.00432. The molecule has 2 aromatic carbocycles. The lowest BCUT2D eigenvalue weighted by atomic mass is 10.2. The van der Waals surface area contributed by atoms with Crippen LogP contribution < -0.4 is 10.0 Å². The Bertz CT molecular complexity index is 944. The first-order valence-electron chi connectivity index (χ1n) is 7.46. The summed E-state index contributed by atoms with van der Waals surface area (Å²) >= 11 is 5.98. The topological polar surface area (TPSA) is 102 Å². The number of carbonyl (C=O) groups is 2. The fourth-order valence-electron chi connectivity index (χ4n) is 2.09. The molecule has 7 nitrogen and oxygen atoms in total. The van der Waals surface area contributed by atoms with Crippen molar-refractivity contribution in [2.75, 3.05) is 22.9 Å². The van der Waals surface area contributed by atoms with Crippen molar-refractivity contribution in [3.8, 4) is 0 Å². The molecule has 0 unspecified atom stereocenters. The second kappa shape index (κ2) is 8.20. The Kier molecular flexibility index (Phi) is 6.23. The molecule has 0 saturated carbocycles. The number of carbonyl (C=O) groups excluding carboxylic acids is 2. The normalized spacial score (nSPS) is 10.9. The summed E-state index contributed by atoms with van der Waals surface area (Å²) in [5.41, 5.74) is 1.28. The third-order valence-electron chi connectivity index (χ3n) is 3.32. The van der Waals surface area contributed by atoms with Crippen LogP contribution in [0, 0.1) is 6.92 Å². The molecule has 2 aromatic rings. The molecule has 0 aliphatic carbocycles. The predicted molar refractivity (Wildman–Crippen MR) is 100 cm³/mol. The maximum Gasteiger partial charge on any atom is 0.340 e. The monoisotopic (exact) mass is 396 g/mol. The molecule has 0 aliphatic rings. The van der Waals surface area contributed by atoms with Crippen LogP contribution in [0.3, 0.4) is 0 Å². The SMILES string of the molecule is Cc1c(Cl)cccc1NC(=O)COC(=O)c1ccccc1NS(C)(=O)=O. The van der Waals surface area contributed by atoms with Gasteiger partial charge in [0.15, 0.2) is 6.61 Å². The highest BCUT2D eigenvalue weighted by atomic mass is 35.5. The third-order valence-corrected chi connectivity index (χ3v) is 4.32. The first-order valence-corrected chi connectivity index (χ1v) is 9.73. The first kappa shape index (κ1) is 19.7. The van der Waals surface area contributed by atoms with Gasteiger partial charge < -0.3 is 10.1 Å². The summed E-state index contributed by atoms with van der Waals surface area (Å²) in [5.74, 6) is -1.37. The Morgan fingerprint density at radius 1 is 1.08 bits per heavy atom.